The number of aromatic amines is 1. The Morgan fingerprint density at radius 3 is 2.64 bits per heavy atom. The Morgan fingerprint density at radius 1 is 1.24 bits per heavy atom. The lowest BCUT2D eigenvalue weighted by Gasteiger charge is -2.21. The summed E-state index contributed by atoms with van der Waals surface area (Å²) in [6.07, 6.45) is 1.64. The minimum Gasteiger partial charge on any atom is -0.341 e. The molecule has 128 valence electrons. The molecule has 0 saturated carbocycles. The fourth-order valence-electron chi connectivity index (χ4n) is 2.77. The van der Waals surface area contributed by atoms with Gasteiger partial charge in [0.1, 0.15) is 5.15 Å². The molecule has 0 aliphatic rings. The van der Waals surface area contributed by atoms with Gasteiger partial charge in [0.2, 0.25) is 5.91 Å². The van der Waals surface area contributed by atoms with Crippen molar-refractivity contribution in [2.75, 3.05) is 7.05 Å². The van der Waals surface area contributed by atoms with E-state index in [0.717, 1.165) is 5.56 Å². The third-order valence-electron chi connectivity index (χ3n) is 4.09. The number of nitrogens with zero attached hydrogens (tertiary/aromatic N) is 3. The molecule has 0 fully saturated rings. The Kier molecular flexibility index (Phi) is 4.81. The summed E-state index contributed by atoms with van der Waals surface area (Å²) in [5.41, 5.74) is 1.17. The van der Waals surface area contributed by atoms with Crippen LogP contribution in [0.4, 0.5) is 0 Å². The third-order valence-corrected chi connectivity index (χ3v) is 4.31. The van der Waals surface area contributed by atoms with Crippen LogP contribution in [0, 0.1) is 0 Å². The number of carbonyl (C=O) groups is 1. The molecule has 0 bridgehead atoms. The molecule has 2 heterocycles. The molecule has 0 unspecified atom stereocenters. The first-order valence-corrected chi connectivity index (χ1v) is 8.18. The zero-order valence-corrected chi connectivity index (χ0v) is 14.6. The highest BCUT2D eigenvalue weighted by atomic mass is 35.5. The summed E-state index contributed by atoms with van der Waals surface area (Å²) in [4.78, 5) is 30.3. The third kappa shape index (κ3) is 3.53. The van der Waals surface area contributed by atoms with Crippen molar-refractivity contribution in [2.45, 2.75) is 19.4 Å². The van der Waals surface area contributed by atoms with E-state index in [1.807, 2.05) is 12.1 Å². The van der Waals surface area contributed by atoms with Crippen LogP contribution in [-0.2, 0) is 11.3 Å². The van der Waals surface area contributed by atoms with Crippen LogP contribution >= 0.6 is 11.6 Å². The van der Waals surface area contributed by atoms with E-state index in [9.17, 15) is 9.59 Å². The largest absolute Gasteiger partial charge is 0.341 e. The second kappa shape index (κ2) is 7.03. The fraction of sp³-hybridized carbons (Fsp3) is 0.222. The quantitative estimate of drug-likeness (QED) is 0.729. The van der Waals surface area contributed by atoms with Crippen LogP contribution in [-0.4, -0.2) is 33.0 Å². The van der Waals surface area contributed by atoms with Crippen molar-refractivity contribution in [1.82, 2.24) is 20.1 Å². The molecule has 25 heavy (non-hydrogen) atoms. The molecule has 3 rings (SSSR count). The van der Waals surface area contributed by atoms with Gasteiger partial charge in [-0.1, -0.05) is 35.9 Å². The number of amides is 1. The average Bonchev–Trinajstić information content (AvgIpc) is 2.63. The van der Waals surface area contributed by atoms with E-state index in [1.54, 1.807) is 49.3 Å². The summed E-state index contributed by atoms with van der Waals surface area (Å²) in [5.74, 6) is -0.591. The van der Waals surface area contributed by atoms with E-state index < -0.39 is 5.92 Å². The lowest BCUT2D eigenvalue weighted by atomic mass is 10.00. The number of rotatable bonds is 4. The monoisotopic (exact) mass is 356 g/mol. The number of hydrogen-bond donors (Lipinski definition) is 1. The number of pyridine rings is 1. The van der Waals surface area contributed by atoms with Gasteiger partial charge < -0.3 is 4.90 Å². The minimum absolute atomic E-state index is 0.0975. The number of aromatic nitrogens is 3. The summed E-state index contributed by atoms with van der Waals surface area (Å²) >= 11 is 5.78. The lowest BCUT2D eigenvalue weighted by Crippen LogP contribution is -2.31. The summed E-state index contributed by atoms with van der Waals surface area (Å²) in [7, 11) is 1.72. The summed E-state index contributed by atoms with van der Waals surface area (Å²) in [6, 6.07) is 10.7. The second-order valence-electron chi connectivity index (χ2n) is 5.89. The molecule has 1 amide bonds. The molecular formula is C18H17ClN4O2. The van der Waals surface area contributed by atoms with E-state index >= 15 is 0 Å². The van der Waals surface area contributed by atoms with Crippen molar-refractivity contribution in [1.29, 1.82) is 0 Å². The highest BCUT2D eigenvalue weighted by molar-refractivity contribution is 6.29. The molecular weight excluding hydrogens is 340 g/mol. The van der Waals surface area contributed by atoms with E-state index in [-0.39, 0.29) is 11.5 Å². The molecule has 0 spiro atoms. The van der Waals surface area contributed by atoms with Gasteiger partial charge in [-0.3, -0.25) is 9.59 Å². The van der Waals surface area contributed by atoms with Crippen molar-refractivity contribution in [3.63, 3.8) is 0 Å². The van der Waals surface area contributed by atoms with Gasteiger partial charge in [0.25, 0.3) is 5.56 Å². The molecule has 7 heteroatoms. The molecule has 0 saturated heterocycles. The normalized spacial score (nSPS) is 12.1. The number of benzene rings is 1. The van der Waals surface area contributed by atoms with Crippen LogP contribution in [0.5, 0.6) is 0 Å². The lowest BCUT2D eigenvalue weighted by molar-refractivity contribution is -0.131. The second-order valence-corrected chi connectivity index (χ2v) is 6.28. The van der Waals surface area contributed by atoms with E-state index in [0.29, 0.717) is 28.2 Å². The van der Waals surface area contributed by atoms with Gasteiger partial charge in [-0.15, -0.1) is 0 Å². The summed E-state index contributed by atoms with van der Waals surface area (Å²) in [5, 5.41) is 8.21. The van der Waals surface area contributed by atoms with Gasteiger partial charge in [0.15, 0.2) is 0 Å². The smallest absolute Gasteiger partial charge is 0.272 e. The molecule has 6 nitrogen and oxygen atoms in total. The van der Waals surface area contributed by atoms with Crippen LogP contribution in [0.3, 0.4) is 0 Å². The molecule has 1 atom stereocenters. The molecule has 1 N–H and O–H groups in total. The van der Waals surface area contributed by atoms with Crippen LogP contribution in [0.1, 0.15) is 24.1 Å². The Balaban J connectivity index is 1.86. The Hall–Kier alpha value is -2.73. The Labute approximate surface area is 149 Å². The van der Waals surface area contributed by atoms with Gasteiger partial charge in [0, 0.05) is 25.2 Å². The van der Waals surface area contributed by atoms with Crippen LogP contribution in [0.15, 0.2) is 47.4 Å². The summed E-state index contributed by atoms with van der Waals surface area (Å²) < 4.78 is 0. The fourth-order valence-corrected chi connectivity index (χ4v) is 2.88. The van der Waals surface area contributed by atoms with E-state index in [2.05, 4.69) is 15.2 Å². The SMILES string of the molecule is C[C@H](C(=O)N(C)Cc1ccc(Cl)nc1)c1n[nH]c(=O)c2ccccc12. The molecule has 0 aliphatic carbocycles. The molecule has 3 aromatic rings. The first-order chi connectivity index (χ1) is 12.0. The Morgan fingerprint density at radius 2 is 1.96 bits per heavy atom. The standard InChI is InChI=1S/C18H17ClN4O2/c1-11(16-13-5-3-4-6-14(13)17(24)22-21-16)18(25)23(2)10-12-7-8-15(19)20-9-12/h3-9,11H,10H2,1-2H3,(H,22,24)/t11-/m0/s1. The minimum atomic E-state index is -0.494. The van der Waals surface area contributed by atoms with E-state index in [1.165, 1.54) is 0 Å². The van der Waals surface area contributed by atoms with Gasteiger partial charge >= 0.3 is 0 Å². The highest BCUT2D eigenvalue weighted by Crippen LogP contribution is 2.23. The van der Waals surface area contributed by atoms with Crippen molar-refractivity contribution < 1.29 is 4.79 Å². The van der Waals surface area contributed by atoms with Crippen molar-refractivity contribution in [3.05, 3.63) is 69.4 Å². The zero-order chi connectivity index (χ0) is 18.0. The average molecular weight is 357 g/mol. The molecule has 1 aromatic carbocycles. The molecule has 2 aromatic heterocycles. The number of halogens is 1. The van der Waals surface area contributed by atoms with Gasteiger partial charge in [-0.25, -0.2) is 10.1 Å². The first-order valence-electron chi connectivity index (χ1n) is 7.80. The van der Waals surface area contributed by atoms with Crippen LogP contribution in [0.2, 0.25) is 5.15 Å². The number of H-pyrrole nitrogens is 1. The predicted molar refractivity (Wildman–Crippen MR) is 96.5 cm³/mol. The van der Waals surface area contributed by atoms with Crippen molar-refractivity contribution >= 4 is 28.3 Å². The zero-order valence-electron chi connectivity index (χ0n) is 13.9. The first kappa shape index (κ1) is 17.1. The Bertz CT molecular complexity index is 969. The number of carbonyl (C=O) groups excluding carboxylic acids is 1. The van der Waals surface area contributed by atoms with Gasteiger partial charge in [-0.2, -0.15) is 5.10 Å². The highest BCUT2D eigenvalue weighted by Gasteiger charge is 2.23. The topological polar surface area (TPSA) is 79.0 Å². The maximum atomic E-state index is 12.8. The maximum Gasteiger partial charge on any atom is 0.272 e. The number of hydrogen-bond acceptors (Lipinski definition) is 4. The predicted octanol–water partition coefficient (Wildman–Crippen LogP) is 2.73. The van der Waals surface area contributed by atoms with Crippen LogP contribution < -0.4 is 5.56 Å². The van der Waals surface area contributed by atoms with Crippen molar-refractivity contribution in [3.8, 4) is 0 Å². The van der Waals surface area contributed by atoms with Crippen molar-refractivity contribution in [2.24, 2.45) is 0 Å². The maximum absolute atomic E-state index is 12.8. The number of nitrogens with one attached hydrogen (secondary N) is 1. The van der Waals surface area contributed by atoms with Crippen LogP contribution in [0.25, 0.3) is 10.8 Å². The van der Waals surface area contributed by atoms with E-state index in [4.69, 9.17) is 11.6 Å². The number of likely N-dealkylation sites (N-methyl/N-ethyl adjacent to an activating group) is 1. The van der Waals surface area contributed by atoms with Gasteiger partial charge in [-0.05, 0) is 24.6 Å². The van der Waals surface area contributed by atoms with Gasteiger partial charge in [0.05, 0.1) is 17.0 Å². The molecule has 0 aliphatic heterocycles. The molecule has 0 radical (unpaired) electrons. The summed E-state index contributed by atoms with van der Waals surface area (Å²) in [6.45, 7) is 2.20. The number of fused-ring (bicyclic) bond motifs is 1.